The molecule has 6 heteroatoms. The summed E-state index contributed by atoms with van der Waals surface area (Å²) >= 11 is 3.33. The lowest BCUT2D eigenvalue weighted by molar-refractivity contribution is -0.144. The maximum Gasteiger partial charge on any atom is 0.327 e. The summed E-state index contributed by atoms with van der Waals surface area (Å²) in [7, 11) is -2.50. The number of esters is 1. The number of hydrogen-bond acceptors (Lipinski definition) is 4. The number of methoxy groups -OCH3 is 1. The largest absolute Gasteiger partial charge is 0.468 e. The molecule has 116 valence electrons. The SMILES string of the molecule is COC(=O)C1(S(=O)(=O)c2ccc(CBr)cc2)CCCCC1. The van der Waals surface area contributed by atoms with Crippen molar-refractivity contribution in [1.29, 1.82) is 0 Å². The highest BCUT2D eigenvalue weighted by molar-refractivity contribution is 9.08. The Morgan fingerprint density at radius 2 is 1.76 bits per heavy atom. The van der Waals surface area contributed by atoms with Crippen LogP contribution in [0.25, 0.3) is 0 Å². The van der Waals surface area contributed by atoms with Gasteiger partial charge in [0.1, 0.15) is 0 Å². The molecule has 0 N–H and O–H groups in total. The van der Waals surface area contributed by atoms with Crippen molar-refractivity contribution in [3.05, 3.63) is 29.8 Å². The van der Waals surface area contributed by atoms with Crippen LogP contribution >= 0.6 is 15.9 Å². The molecule has 0 amide bonds. The number of benzene rings is 1. The summed E-state index contributed by atoms with van der Waals surface area (Å²) in [4.78, 5) is 12.4. The molecule has 1 aromatic carbocycles. The van der Waals surface area contributed by atoms with E-state index in [0.717, 1.165) is 24.8 Å². The number of alkyl halides is 1. The predicted octanol–water partition coefficient (Wildman–Crippen LogP) is 3.23. The Morgan fingerprint density at radius 1 is 1.19 bits per heavy atom. The fraction of sp³-hybridized carbons (Fsp3) is 0.533. The lowest BCUT2D eigenvalue weighted by atomic mass is 9.88. The third-order valence-corrected chi connectivity index (χ3v) is 7.26. The Morgan fingerprint density at radius 3 is 2.24 bits per heavy atom. The van der Waals surface area contributed by atoms with E-state index in [9.17, 15) is 13.2 Å². The maximum atomic E-state index is 13.0. The van der Waals surface area contributed by atoms with E-state index in [2.05, 4.69) is 15.9 Å². The van der Waals surface area contributed by atoms with Gasteiger partial charge in [-0.3, -0.25) is 4.79 Å². The first-order chi connectivity index (χ1) is 9.98. The van der Waals surface area contributed by atoms with Crippen molar-refractivity contribution in [1.82, 2.24) is 0 Å². The molecule has 2 rings (SSSR count). The number of hydrogen-bond donors (Lipinski definition) is 0. The van der Waals surface area contributed by atoms with Crippen LogP contribution < -0.4 is 0 Å². The van der Waals surface area contributed by atoms with Gasteiger partial charge in [0, 0.05) is 5.33 Å². The summed E-state index contributed by atoms with van der Waals surface area (Å²) in [6, 6.07) is 6.67. The van der Waals surface area contributed by atoms with E-state index in [-0.39, 0.29) is 4.90 Å². The van der Waals surface area contributed by atoms with Gasteiger partial charge >= 0.3 is 5.97 Å². The summed E-state index contributed by atoms with van der Waals surface area (Å²) in [5.41, 5.74) is 0.990. The van der Waals surface area contributed by atoms with Gasteiger partial charge in [-0.1, -0.05) is 47.3 Å². The smallest absolute Gasteiger partial charge is 0.327 e. The Bertz CT molecular complexity index is 601. The van der Waals surface area contributed by atoms with Crippen LogP contribution in [0.15, 0.2) is 29.2 Å². The molecular formula is C15H19BrO4S. The molecule has 0 bridgehead atoms. The lowest BCUT2D eigenvalue weighted by Gasteiger charge is -2.33. The molecule has 0 radical (unpaired) electrons. The predicted molar refractivity (Wildman–Crippen MR) is 84.1 cm³/mol. The Hall–Kier alpha value is -0.880. The van der Waals surface area contributed by atoms with Crippen molar-refractivity contribution in [3.8, 4) is 0 Å². The molecule has 0 atom stereocenters. The van der Waals surface area contributed by atoms with E-state index in [0.29, 0.717) is 18.2 Å². The van der Waals surface area contributed by atoms with Crippen LogP contribution in [0.1, 0.15) is 37.7 Å². The van der Waals surface area contributed by atoms with Gasteiger partial charge in [0.15, 0.2) is 14.6 Å². The lowest BCUT2D eigenvalue weighted by Crippen LogP contribution is -2.48. The van der Waals surface area contributed by atoms with Gasteiger partial charge in [-0.2, -0.15) is 0 Å². The van der Waals surface area contributed by atoms with E-state index in [1.54, 1.807) is 24.3 Å². The third kappa shape index (κ3) is 2.88. The molecule has 0 aliphatic heterocycles. The zero-order valence-electron chi connectivity index (χ0n) is 12.0. The molecule has 1 aliphatic carbocycles. The Labute approximate surface area is 133 Å². The monoisotopic (exact) mass is 374 g/mol. The van der Waals surface area contributed by atoms with Crippen molar-refractivity contribution < 1.29 is 17.9 Å². The highest BCUT2D eigenvalue weighted by Crippen LogP contribution is 2.40. The second-order valence-corrected chi connectivity index (χ2v) is 8.15. The van der Waals surface area contributed by atoms with Crippen LogP contribution in [-0.4, -0.2) is 26.2 Å². The average Bonchev–Trinajstić information content (AvgIpc) is 2.54. The van der Waals surface area contributed by atoms with Gasteiger partial charge in [-0.25, -0.2) is 8.42 Å². The first-order valence-electron chi connectivity index (χ1n) is 6.96. The number of carbonyl (C=O) groups is 1. The molecule has 0 heterocycles. The first-order valence-corrected chi connectivity index (χ1v) is 9.56. The molecule has 1 aromatic rings. The summed E-state index contributed by atoms with van der Waals surface area (Å²) in [5, 5.41) is 0.662. The molecule has 0 aromatic heterocycles. The van der Waals surface area contributed by atoms with E-state index in [4.69, 9.17) is 4.74 Å². The van der Waals surface area contributed by atoms with Crippen LogP contribution in [0, 0.1) is 0 Å². The van der Waals surface area contributed by atoms with Gasteiger partial charge in [0.05, 0.1) is 12.0 Å². The average molecular weight is 375 g/mol. The fourth-order valence-corrected chi connectivity index (χ4v) is 5.32. The molecule has 0 saturated heterocycles. The molecular weight excluding hydrogens is 356 g/mol. The molecule has 0 spiro atoms. The summed E-state index contributed by atoms with van der Waals surface area (Å²) in [6.45, 7) is 0. The van der Waals surface area contributed by atoms with E-state index >= 15 is 0 Å². The van der Waals surface area contributed by atoms with Crippen LogP contribution in [0.3, 0.4) is 0 Å². The second-order valence-electron chi connectivity index (χ2n) is 5.33. The van der Waals surface area contributed by atoms with Gasteiger partial charge < -0.3 is 4.74 Å². The summed E-state index contributed by atoms with van der Waals surface area (Å²) < 4.78 is 29.4. The molecule has 1 aliphatic rings. The topological polar surface area (TPSA) is 60.4 Å². The first kappa shape index (κ1) is 16.5. The quantitative estimate of drug-likeness (QED) is 0.599. The minimum Gasteiger partial charge on any atom is -0.468 e. The zero-order chi connectivity index (χ0) is 15.5. The van der Waals surface area contributed by atoms with Crippen molar-refractivity contribution in [2.45, 2.75) is 47.1 Å². The Kier molecular flexibility index (Phi) is 5.09. The van der Waals surface area contributed by atoms with Gasteiger partial charge in [0.2, 0.25) is 0 Å². The molecule has 1 saturated carbocycles. The number of rotatable bonds is 4. The number of sulfone groups is 1. The van der Waals surface area contributed by atoms with Crippen LogP contribution in [-0.2, 0) is 24.7 Å². The zero-order valence-corrected chi connectivity index (χ0v) is 14.4. The standard InChI is InChI=1S/C15H19BrO4S/c1-20-14(17)15(9-3-2-4-10-15)21(18,19)13-7-5-12(11-16)6-8-13/h5-8H,2-4,9-11H2,1H3. The maximum absolute atomic E-state index is 13.0. The van der Waals surface area contributed by atoms with Crippen LogP contribution in [0.5, 0.6) is 0 Å². The molecule has 21 heavy (non-hydrogen) atoms. The van der Waals surface area contributed by atoms with Gasteiger partial charge in [-0.15, -0.1) is 0 Å². The van der Waals surface area contributed by atoms with E-state index in [1.807, 2.05) is 0 Å². The highest BCUT2D eigenvalue weighted by atomic mass is 79.9. The van der Waals surface area contributed by atoms with Gasteiger partial charge in [0.25, 0.3) is 0 Å². The van der Waals surface area contributed by atoms with Crippen LogP contribution in [0.2, 0.25) is 0 Å². The molecule has 4 nitrogen and oxygen atoms in total. The van der Waals surface area contributed by atoms with E-state index < -0.39 is 20.6 Å². The van der Waals surface area contributed by atoms with Crippen molar-refractivity contribution in [2.75, 3.05) is 7.11 Å². The molecule has 1 fully saturated rings. The van der Waals surface area contributed by atoms with Crippen molar-refractivity contribution in [2.24, 2.45) is 0 Å². The number of carbonyl (C=O) groups excluding carboxylic acids is 1. The Balaban J connectivity index is 2.48. The summed E-state index contributed by atoms with van der Waals surface area (Å²) in [5.74, 6) is -0.633. The second kappa shape index (κ2) is 6.48. The number of ether oxygens (including phenoxy) is 1. The van der Waals surface area contributed by atoms with E-state index in [1.165, 1.54) is 7.11 Å². The minimum absolute atomic E-state index is 0.194. The molecule has 0 unspecified atom stereocenters. The van der Waals surface area contributed by atoms with Crippen molar-refractivity contribution >= 4 is 31.7 Å². The third-order valence-electron chi connectivity index (χ3n) is 4.12. The summed E-state index contributed by atoms with van der Waals surface area (Å²) in [6.07, 6.45) is 3.09. The minimum atomic E-state index is -3.75. The van der Waals surface area contributed by atoms with Gasteiger partial charge in [-0.05, 0) is 30.5 Å². The van der Waals surface area contributed by atoms with Crippen LogP contribution in [0.4, 0.5) is 0 Å². The van der Waals surface area contributed by atoms with Crippen molar-refractivity contribution in [3.63, 3.8) is 0 Å². The fourth-order valence-electron chi connectivity index (χ4n) is 2.87. The normalized spacial score (nSPS) is 18.2. The number of halogens is 1. The highest BCUT2D eigenvalue weighted by Gasteiger charge is 2.52.